The summed E-state index contributed by atoms with van der Waals surface area (Å²) >= 11 is 0. The standard InChI is InChI=1S/C15H22N2O3/c1-5-17(11(3)15(19)20-6-2)14-9-7-8-13(10-14)16-12(4)18/h7-11H,5-6H2,1-4H3,(H,16,18). The molecule has 1 unspecified atom stereocenters. The summed E-state index contributed by atoms with van der Waals surface area (Å²) in [6.07, 6.45) is 0. The van der Waals surface area contributed by atoms with Gasteiger partial charge < -0.3 is 15.0 Å². The van der Waals surface area contributed by atoms with Crippen LogP contribution in [0.15, 0.2) is 24.3 Å². The molecule has 1 aromatic rings. The molecule has 0 radical (unpaired) electrons. The molecule has 5 heteroatoms. The number of benzene rings is 1. The number of carbonyl (C=O) groups is 2. The van der Waals surface area contributed by atoms with Gasteiger partial charge in [0.25, 0.3) is 0 Å². The Bertz CT molecular complexity index is 474. The number of amides is 1. The zero-order valence-electron chi connectivity index (χ0n) is 12.5. The molecule has 0 aromatic heterocycles. The van der Waals surface area contributed by atoms with Gasteiger partial charge in [0.2, 0.25) is 5.91 Å². The van der Waals surface area contributed by atoms with E-state index in [2.05, 4.69) is 5.32 Å². The van der Waals surface area contributed by atoms with Crippen LogP contribution in [0.3, 0.4) is 0 Å². The van der Waals surface area contributed by atoms with Crippen LogP contribution in [0.4, 0.5) is 11.4 Å². The van der Waals surface area contributed by atoms with E-state index in [0.717, 1.165) is 5.69 Å². The Hall–Kier alpha value is -2.04. The summed E-state index contributed by atoms with van der Waals surface area (Å²) < 4.78 is 5.05. The van der Waals surface area contributed by atoms with Gasteiger partial charge in [0.15, 0.2) is 0 Å². The Morgan fingerprint density at radius 3 is 2.60 bits per heavy atom. The van der Waals surface area contributed by atoms with Crippen molar-refractivity contribution in [2.75, 3.05) is 23.4 Å². The molecule has 5 nitrogen and oxygen atoms in total. The first-order chi connectivity index (χ1) is 9.49. The van der Waals surface area contributed by atoms with Gasteiger partial charge in [0, 0.05) is 24.8 Å². The molecule has 0 aliphatic rings. The summed E-state index contributed by atoms with van der Waals surface area (Å²) in [6, 6.07) is 7.05. The molecular weight excluding hydrogens is 256 g/mol. The first-order valence-corrected chi connectivity index (χ1v) is 6.80. The number of esters is 1. The van der Waals surface area contributed by atoms with Crippen molar-refractivity contribution < 1.29 is 14.3 Å². The molecular formula is C15H22N2O3. The number of anilines is 2. The zero-order valence-corrected chi connectivity index (χ0v) is 12.5. The molecule has 0 aliphatic carbocycles. The van der Waals surface area contributed by atoms with Crippen molar-refractivity contribution in [1.29, 1.82) is 0 Å². The third-order valence-corrected chi connectivity index (χ3v) is 2.93. The van der Waals surface area contributed by atoms with E-state index in [0.29, 0.717) is 18.8 Å². The average molecular weight is 278 g/mol. The number of nitrogens with zero attached hydrogens (tertiary/aromatic N) is 1. The van der Waals surface area contributed by atoms with E-state index in [1.165, 1.54) is 6.92 Å². The van der Waals surface area contributed by atoms with Crippen molar-refractivity contribution in [3.63, 3.8) is 0 Å². The lowest BCUT2D eigenvalue weighted by atomic mass is 10.2. The molecule has 1 atom stereocenters. The third-order valence-electron chi connectivity index (χ3n) is 2.93. The Labute approximate surface area is 119 Å². The number of hydrogen-bond acceptors (Lipinski definition) is 4. The SMILES string of the molecule is CCOC(=O)C(C)N(CC)c1cccc(NC(C)=O)c1. The van der Waals surface area contributed by atoms with Gasteiger partial charge in [0.1, 0.15) is 6.04 Å². The van der Waals surface area contributed by atoms with E-state index in [1.807, 2.05) is 43.0 Å². The van der Waals surface area contributed by atoms with Crippen molar-refractivity contribution in [1.82, 2.24) is 0 Å². The first-order valence-electron chi connectivity index (χ1n) is 6.80. The number of nitrogens with one attached hydrogen (secondary N) is 1. The van der Waals surface area contributed by atoms with E-state index in [-0.39, 0.29) is 17.9 Å². The lowest BCUT2D eigenvalue weighted by molar-refractivity contribution is -0.144. The van der Waals surface area contributed by atoms with Gasteiger partial charge in [-0.05, 0) is 39.0 Å². The van der Waals surface area contributed by atoms with E-state index < -0.39 is 0 Å². The van der Waals surface area contributed by atoms with Crippen LogP contribution in [0.1, 0.15) is 27.7 Å². The van der Waals surface area contributed by atoms with E-state index in [1.54, 1.807) is 6.92 Å². The highest BCUT2D eigenvalue weighted by Gasteiger charge is 2.21. The molecule has 0 fully saturated rings. The predicted molar refractivity (Wildman–Crippen MR) is 79.9 cm³/mol. The second kappa shape index (κ2) is 7.53. The molecule has 1 aromatic carbocycles. The van der Waals surface area contributed by atoms with Gasteiger partial charge in [-0.25, -0.2) is 4.79 Å². The predicted octanol–water partition coefficient (Wildman–Crippen LogP) is 2.42. The molecule has 1 rings (SSSR count). The van der Waals surface area contributed by atoms with E-state index in [9.17, 15) is 9.59 Å². The summed E-state index contributed by atoms with van der Waals surface area (Å²) in [6.45, 7) is 8.08. The van der Waals surface area contributed by atoms with Gasteiger partial charge in [-0.2, -0.15) is 0 Å². The minimum Gasteiger partial charge on any atom is -0.464 e. The molecule has 1 amide bonds. The van der Waals surface area contributed by atoms with Crippen LogP contribution in [0.25, 0.3) is 0 Å². The lowest BCUT2D eigenvalue weighted by Crippen LogP contribution is -2.40. The number of hydrogen-bond donors (Lipinski definition) is 1. The largest absolute Gasteiger partial charge is 0.464 e. The van der Waals surface area contributed by atoms with Crippen LogP contribution >= 0.6 is 0 Å². The maximum atomic E-state index is 11.8. The molecule has 1 N–H and O–H groups in total. The second-order valence-electron chi connectivity index (χ2n) is 4.45. The number of ether oxygens (including phenoxy) is 1. The molecule has 20 heavy (non-hydrogen) atoms. The molecule has 0 saturated heterocycles. The van der Waals surface area contributed by atoms with Crippen LogP contribution in [-0.4, -0.2) is 31.1 Å². The third kappa shape index (κ3) is 4.26. The van der Waals surface area contributed by atoms with E-state index >= 15 is 0 Å². The molecule has 110 valence electrons. The van der Waals surface area contributed by atoms with Crippen molar-refractivity contribution in [2.45, 2.75) is 33.7 Å². The van der Waals surface area contributed by atoms with Crippen LogP contribution in [0, 0.1) is 0 Å². The van der Waals surface area contributed by atoms with Crippen molar-refractivity contribution in [3.05, 3.63) is 24.3 Å². The number of likely N-dealkylation sites (N-methyl/N-ethyl adjacent to an activating group) is 1. The summed E-state index contributed by atoms with van der Waals surface area (Å²) in [5, 5.41) is 2.74. The Kier molecular flexibility index (Phi) is 6.03. The van der Waals surface area contributed by atoms with Gasteiger partial charge in [-0.15, -0.1) is 0 Å². The van der Waals surface area contributed by atoms with Gasteiger partial charge in [-0.1, -0.05) is 6.07 Å². The van der Waals surface area contributed by atoms with Gasteiger partial charge in [-0.3, -0.25) is 4.79 Å². The topological polar surface area (TPSA) is 58.6 Å². The number of rotatable bonds is 6. The number of carbonyl (C=O) groups excluding carboxylic acids is 2. The van der Waals surface area contributed by atoms with Crippen molar-refractivity contribution in [3.8, 4) is 0 Å². The van der Waals surface area contributed by atoms with Crippen molar-refractivity contribution >= 4 is 23.3 Å². The Balaban J connectivity index is 2.94. The van der Waals surface area contributed by atoms with E-state index in [4.69, 9.17) is 4.74 Å². The Morgan fingerprint density at radius 1 is 1.35 bits per heavy atom. The Morgan fingerprint density at radius 2 is 2.05 bits per heavy atom. The fourth-order valence-electron chi connectivity index (χ4n) is 2.04. The highest BCUT2D eigenvalue weighted by Crippen LogP contribution is 2.21. The summed E-state index contributed by atoms with van der Waals surface area (Å²) in [4.78, 5) is 24.9. The molecule has 0 saturated carbocycles. The highest BCUT2D eigenvalue weighted by atomic mass is 16.5. The minimum atomic E-state index is -0.368. The van der Waals surface area contributed by atoms with Crippen LogP contribution in [-0.2, 0) is 14.3 Å². The van der Waals surface area contributed by atoms with Crippen LogP contribution in [0.5, 0.6) is 0 Å². The molecule has 0 heterocycles. The van der Waals surface area contributed by atoms with Gasteiger partial charge in [0.05, 0.1) is 6.61 Å². The minimum absolute atomic E-state index is 0.122. The van der Waals surface area contributed by atoms with Crippen LogP contribution in [0.2, 0.25) is 0 Å². The summed E-state index contributed by atoms with van der Waals surface area (Å²) in [5.74, 6) is -0.372. The lowest BCUT2D eigenvalue weighted by Gasteiger charge is -2.28. The summed E-state index contributed by atoms with van der Waals surface area (Å²) in [7, 11) is 0. The smallest absolute Gasteiger partial charge is 0.328 e. The fourth-order valence-corrected chi connectivity index (χ4v) is 2.04. The normalized spacial score (nSPS) is 11.6. The van der Waals surface area contributed by atoms with Crippen LogP contribution < -0.4 is 10.2 Å². The fraction of sp³-hybridized carbons (Fsp3) is 0.467. The summed E-state index contributed by atoms with van der Waals surface area (Å²) in [5.41, 5.74) is 1.59. The molecule has 0 spiro atoms. The maximum absolute atomic E-state index is 11.8. The first kappa shape index (κ1) is 16.0. The zero-order chi connectivity index (χ0) is 15.1. The molecule has 0 bridgehead atoms. The monoisotopic (exact) mass is 278 g/mol. The van der Waals surface area contributed by atoms with Gasteiger partial charge >= 0.3 is 5.97 Å². The highest BCUT2D eigenvalue weighted by molar-refractivity contribution is 5.89. The molecule has 0 aliphatic heterocycles. The second-order valence-corrected chi connectivity index (χ2v) is 4.45. The van der Waals surface area contributed by atoms with Crippen molar-refractivity contribution in [2.24, 2.45) is 0 Å². The average Bonchev–Trinajstić information content (AvgIpc) is 2.39. The quantitative estimate of drug-likeness (QED) is 0.812. The maximum Gasteiger partial charge on any atom is 0.328 e.